The van der Waals surface area contributed by atoms with Crippen LogP contribution < -0.4 is 5.32 Å². The second kappa shape index (κ2) is 6.95. The number of ether oxygens (including phenoxy) is 1. The number of fused-ring (bicyclic) bond motifs is 1. The lowest BCUT2D eigenvalue weighted by molar-refractivity contribution is -0.167. The van der Waals surface area contributed by atoms with E-state index in [1.807, 2.05) is 6.92 Å². The van der Waals surface area contributed by atoms with Crippen molar-refractivity contribution in [3.8, 4) is 0 Å². The fraction of sp³-hybridized carbons (Fsp3) is 0.357. The predicted octanol–water partition coefficient (Wildman–Crippen LogP) is 3.75. The Morgan fingerprint density at radius 2 is 2.09 bits per heavy atom. The van der Waals surface area contributed by atoms with Gasteiger partial charge < -0.3 is 4.74 Å². The summed E-state index contributed by atoms with van der Waals surface area (Å²) in [5.74, 6) is -2.59. The van der Waals surface area contributed by atoms with E-state index in [0.29, 0.717) is 16.8 Å². The minimum Gasteiger partial charge on any atom is -0.462 e. The first kappa shape index (κ1) is 17.2. The van der Waals surface area contributed by atoms with E-state index in [4.69, 9.17) is 4.74 Å². The molecule has 0 aliphatic heterocycles. The first-order chi connectivity index (χ1) is 10.8. The van der Waals surface area contributed by atoms with Crippen LogP contribution in [0.5, 0.6) is 0 Å². The van der Waals surface area contributed by atoms with Crippen molar-refractivity contribution in [2.75, 3.05) is 11.9 Å². The number of carbonyl (C=O) groups excluding carboxylic acids is 2. The molecule has 0 fully saturated rings. The molecule has 0 saturated heterocycles. The smallest absolute Gasteiger partial charge is 0.462 e. The normalized spacial score (nSPS) is 11.5. The van der Waals surface area contributed by atoms with Crippen molar-refractivity contribution >= 4 is 38.6 Å². The number of hydrogen-bond donors (Lipinski definition) is 1. The van der Waals surface area contributed by atoms with Crippen LogP contribution in [-0.2, 0) is 9.53 Å². The molecule has 0 atom stereocenters. The van der Waals surface area contributed by atoms with E-state index < -0.39 is 18.1 Å². The average molecular weight is 346 g/mol. The van der Waals surface area contributed by atoms with Gasteiger partial charge in [0, 0.05) is 0 Å². The number of anilines is 1. The van der Waals surface area contributed by atoms with Gasteiger partial charge in [0.1, 0.15) is 0 Å². The van der Waals surface area contributed by atoms with Gasteiger partial charge in [0.05, 0.1) is 22.4 Å². The highest BCUT2D eigenvalue weighted by Gasteiger charge is 2.39. The molecule has 23 heavy (non-hydrogen) atoms. The highest BCUT2D eigenvalue weighted by Crippen LogP contribution is 2.28. The van der Waals surface area contributed by atoms with E-state index >= 15 is 0 Å². The third kappa shape index (κ3) is 4.41. The summed E-state index contributed by atoms with van der Waals surface area (Å²) in [6, 6.07) is 4.45. The summed E-state index contributed by atoms with van der Waals surface area (Å²) in [4.78, 5) is 26.6. The minimum absolute atomic E-state index is 0.182. The highest BCUT2D eigenvalue weighted by molar-refractivity contribution is 7.22. The SMILES string of the molecule is CCCCOC(=O)c1ccc2nc(NC(=O)C(F)(F)F)sc2c1. The number of unbranched alkanes of at least 4 members (excludes halogenated alkanes) is 1. The van der Waals surface area contributed by atoms with Gasteiger partial charge in [-0.3, -0.25) is 10.1 Å². The molecule has 0 bridgehead atoms. The van der Waals surface area contributed by atoms with Crippen LogP contribution in [0, 0.1) is 0 Å². The maximum absolute atomic E-state index is 12.2. The Morgan fingerprint density at radius 3 is 2.74 bits per heavy atom. The first-order valence-electron chi connectivity index (χ1n) is 6.77. The number of amides is 1. The van der Waals surface area contributed by atoms with E-state index in [0.717, 1.165) is 24.2 Å². The number of nitrogens with one attached hydrogen (secondary N) is 1. The van der Waals surface area contributed by atoms with Crippen LogP contribution >= 0.6 is 11.3 Å². The summed E-state index contributed by atoms with van der Waals surface area (Å²) in [7, 11) is 0. The summed E-state index contributed by atoms with van der Waals surface area (Å²) in [6.07, 6.45) is -3.34. The zero-order chi connectivity index (χ0) is 17.0. The van der Waals surface area contributed by atoms with Gasteiger partial charge in [0.2, 0.25) is 0 Å². The molecule has 9 heteroatoms. The number of hydrogen-bond acceptors (Lipinski definition) is 5. The quantitative estimate of drug-likeness (QED) is 0.661. The number of rotatable bonds is 5. The van der Waals surface area contributed by atoms with Gasteiger partial charge in [0.15, 0.2) is 5.13 Å². The van der Waals surface area contributed by atoms with Crippen molar-refractivity contribution in [1.29, 1.82) is 0 Å². The van der Waals surface area contributed by atoms with Gasteiger partial charge in [-0.25, -0.2) is 9.78 Å². The lowest BCUT2D eigenvalue weighted by Gasteiger charge is -2.03. The van der Waals surface area contributed by atoms with Gasteiger partial charge in [-0.1, -0.05) is 24.7 Å². The van der Waals surface area contributed by atoms with Gasteiger partial charge in [-0.15, -0.1) is 0 Å². The molecule has 1 aromatic heterocycles. The number of esters is 1. The lowest BCUT2D eigenvalue weighted by Crippen LogP contribution is -2.29. The zero-order valence-electron chi connectivity index (χ0n) is 12.1. The Morgan fingerprint density at radius 1 is 1.35 bits per heavy atom. The highest BCUT2D eigenvalue weighted by atomic mass is 32.1. The fourth-order valence-electron chi connectivity index (χ4n) is 1.67. The first-order valence-corrected chi connectivity index (χ1v) is 7.59. The van der Waals surface area contributed by atoms with Crippen molar-refractivity contribution in [2.45, 2.75) is 25.9 Å². The van der Waals surface area contributed by atoms with E-state index in [1.54, 1.807) is 5.32 Å². The van der Waals surface area contributed by atoms with E-state index in [-0.39, 0.29) is 10.7 Å². The summed E-state index contributed by atoms with van der Waals surface area (Å²) in [5.41, 5.74) is 0.670. The van der Waals surface area contributed by atoms with Crippen molar-refractivity contribution in [3.05, 3.63) is 23.8 Å². The molecule has 1 amide bonds. The number of aromatic nitrogens is 1. The van der Waals surface area contributed by atoms with Crippen molar-refractivity contribution in [1.82, 2.24) is 4.98 Å². The van der Waals surface area contributed by atoms with E-state index in [2.05, 4.69) is 4.98 Å². The molecule has 0 aliphatic rings. The van der Waals surface area contributed by atoms with Gasteiger partial charge >= 0.3 is 18.1 Å². The second-order valence-electron chi connectivity index (χ2n) is 4.64. The Kier molecular flexibility index (Phi) is 5.19. The summed E-state index contributed by atoms with van der Waals surface area (Å²) in [5, 5.41) is 1.51. The maximum Gasteiger partial charge on any atom is 0.471 e. The number of alkyl halides is 3. The maximum atomic E-state index is 12.2. The van der Waals surface area contributed by atoms with Gasteiger partial charge in [-0.2, -0.15) is 13.2 Å². The monoisotopic (exact) mass is 346 g/mol. The molecular formula is C14H13F3N2O3S. The van der Waals surface area contributed by atoms with Gasteiger partial charge in [-0.05, 0) is 24.6 Å². The molecule has 1 N–H and O–H groups in total. The van der Waals surface area contributed by atoms with E-state index in [1.165, 1.54) is 18.2 Å². The van der Waals surface area contributed by atoms with Gasteiger partial charge in [0.25, 0.3) is 0 Å². The molecule has 124 valence electrons. The van der Waals surface area contributed by atoms with Crippen LogP contribution in [0.15, 0.2) is 18.2 Å². The van der Waals surface area contributed by atoms with Crippen molar-refractivity contribution in [3.63, 3.8) is 0 Å². The number of carbonyl (C=O) groups is 2. The number of thiazole rings is 1. The average Bonchev–Trinajstić information content (AvgIpc) is 2.87. The second-order valence-corrected chi connectivity index (χ2v) is 5.67. The topological polar surface area (TPSA) is 68.3 Å². The molecule has 0 saturated carbocycles. The standard InChI is InChI=1S/C14H13F3N2O3S/c1-2-3-6-22-11(20)8-4-5-9-10(7-8)23-13(18-9)19-12(21)14(15,16)17/h4-5,7H,2-3,6H2,1H3,(H,18,19,21). The van der Waals surface area contributed by atoms with Crippen LogP contribution in [0.25, 0.3) is 10.2 Å². The fourth-order valence-corrected chi connectivity index (χ4v) is 2.57. The summed E-state index contributed by atoms with van der Waals surface area (Å²) >= 11 is 0.851. The number of benzene rings is 1. The summed E-state index contributed by atoms with van der Waals surface area (Å²) < 4.78 is 42.2. The van der Waals surface area contributed by atoms with Crippen LogP contribution in [0.1, 0.15) is 30.1 Å². The molecule has 0 unspecified atom stereocenters. The lowest BCUT2D eigenvalue weighted by atomic mass is 10.2. The third-order valence-electron chi connectivity index (χ3n) is 2.83. The Balaban J connectivity index is 2.14. The van der Waals surface area contributed by atoms with Crippen LogP contribution in [-0.4, -0.2) is 29.6 Å². The van der Waals surface area contributed by atoms with E-state index in [9.17, 15) is 22.8 Å². The molecule has 2 aromatic rings. The van der Waals surface area contributed by atoms with Crippen LogP contribution in [0.4, 0.5) is 18.3 Å². The molecule has 0 radical (unpaired) electrons. The molecule has 0 spiro atoms. The molecule has 5 nitrogen and oxygen atoms in total. The van der Waals surface area contributed by atoms with Crippen LogP contribution in [0.3, 0.4) is 0 Å². The summed E-state index contributed by atoms with van der Waals surface area (Å²) in [6.45, 7) is 2.27. The molecule has 0 aliphatic carbocycles. The number of nitrogens with zero attached hydrogens (tertiary/aromatic N) is 1. The molecular weight excluding hydrogens is 333 g/mol. The predicted molar refractivity (Wildman–Crippen MR) is 79.5 cm³/mol. The van der Waals surface area contributed by atoms with Crippen molar-refractivity contribution < 1.29 is 27.5 Å². The Bertz CT molecular complexity index is 728. The zero-order valence-corrected chi connectivity index (χ0v) is 12.9. The largest absolute Gasteiger partial charge is 0.471 e. The Hall–Kier alpha value is -2.16. The Labute approximate surface area is 133 Å². The van der Waals surface area contributed by atoms with Crippen molar-refractivity contribution in [2.24, 2.45) is 0 Å². The third-order valence-corrected chi connectivity index (χ3v) is 3.77. The molecule has 2 rings (SSSR count). The number of halogens is 3. The molecule has 1 aromatic carbocycles. The molecule has 1 heterocycles. The van der Waals surface area contributed by atoms with Crippen LogP contribution in [0.2, 0.25) is 0 Å². The minimum atomic E-state index is -4.98.